The number of hydrogen-bond donors (Lipinski definition) is 2. The van der Waals surface area contributed by atoms with Gasteiger partial charge >= 0.3 is 0 Å². The van der Waals surface area contributed by atoms with Crippen LogP contribution in [0.2, 0.25) is 0 Å². The second-order valence-electron chi connectivity index (χ2n) is 9.41. The third kappa shape index (κ3) is 3.39. The smallest absolute Gasteiger partial charge is 0.252 e. The summed E-state index contributed by atoms with van der Waals surface area (Å²) in [4.78, 5) is 19.0. The number of rotatable bonds is 7. The lowest BCUT2D eigenvalue weighted by molar-refractivity contribution is -0.181. The van der Waals surface area contributed by atoms with Crippen LogP contribution in [0.5, 0.6) is 23.0 Å². The molecule has 2 aliphatic rings. The molecular formula is C29H31NO8. The fourth-order valence-electron chi connectivity index (χ4n) is 6.08. The first-order chi connectivity index (χ1) is 18.3. The molecule has 0 saturated heterocycles. The Labute approximate surface area is 221 Å². The van der Waals surface area contributed by atoms with Crippen molar-refractivity contribution < 1.29 is 38.8 Å². The van der Waals surface area contributed by atoms with Crippen LogP contribution in [0, 0.1) is 5.92 Å². The Bertz CT molecular complexity index is 1330. The van der Waals surface area contributed by atoms with Gasteiger partial charge in [0.25, 0.3) is 5.91 Å². The molecule has 0 aromatic heterocycles. The highest BCUT2D eigenvalue weighted by atomic mass is 16.7. The zero-order valence-electron chi connectivity index (χ0n) is 21.9. The van der Waals surface area contributed by atoms with Gasteiger partial charge in [0.1, 0.15) is 29.1 Å². The maximum Gasteiger partial charge on any atom is 0.252 e. The van der Waals surface area contributed by atoms with Crippen molar-refractivity contribution in [3.05, 3.63) is 83.4 Å². The van der Waals surface area contributed by atoms with Gasteiger partial charge < -0.3 is 29.2 Å². The van der Waals surface area contributed by atoms with Gasteiger partial charge in [0.05, 0.1) is 39.9 Å². The molecule has 0 radical (unpaired) electrons. The van der Waals surface area contributed by atoms with E-state index >= 15 is 0 Å². The third-order valence-electron chi connectivity index (χ3n) is 7.83. The molecule has 0 bridgehead atoms. The molecule has 1 amide bonds. The summed E-state index contributed by atoms with van der Waals surface area (Å²) in [5, 5.41) is 25.9. The van der Waals surface area contributed by atoms with Crippen LogP contribution in [0.15, 0.2) is 66.7 Å². The number of methoxy groups -OCH3 is 3. The maximum absolute atomic E-state index is 13.8. The van der Waals surface area contributed by atoms with E-state index in [1.165, 1.54) is 28.4 Å². The van der Waals surface area contributed by atoms with Gasteiger partial charge in [0.2, 0.25) is 0 Å². The Morgan fingerprint density at radius 1 is 0.921 bits per heavy atom. The lowest BCUT2D eigenvalue weighted by Crippen LogP contribution is -2.52. The Hall–Kier alpha value is -3.79. The molecule has 38 heavy (non-hydrogen) atoms. The number of hydrogen-bond acceptors (Lipinski definition) is 8. The summed E-state index contributed by atoms with van der Waals surface area (Å²) in [5.41, 5.74) is -2.28. The van der Waals surface area contributed by atoms with Crippen LogP contribution in [-0.2, 0) is 20.8 Å². The minimum Gasteiger partial charge on any atom is -0.497 e. The topological polar surface area (TPSA) is 107 Å². The molecule has 5 atom stereocenters. The van der Waals surface area contributed by atoms with E-state index in [-0.39, 0.29) is 17.1 Å². The number of nitrogens with zero attached hydrogens (tertiary/aromatic N) is 1. The highest BCUT2D eigenvalue weighted by Gasteiger charge is 2.78. The molecule has 1 aliphatic carbocycles. The van der Waals surface area contributed by atoms with Crippen LogP contribution in [0.25, 0.3) is 0 Å². The van der Waals surface area contributed by atoms with Gasteiger partial charge in [-0.1, -0.05) is 42.5 Å². The fraction of sp³-hybridized carbons (Fsp3) is 0.345. The summed E-state index contributed by atoms with van der Waals surface area (Å²) in [6, 6.07) is 19.6. The van der Waals surface area contributed by atoms with Gasteiger partial charge in [-0.15, -0.1) is 0 Å². The van der Waals surface area contributed by atoms with Gasteiger partial charge in [0, 0.05) is 25.1 Å². The van der Waals surface area contributed by atoms with Gasteiger partial charge in [-0.25, -0.2) is 5.06 Å². The number of aliphatic hydroxyl groups is 2. The number of ether oxygens (including phenoxy) is 4. The van der Waals surface area contributed by atoms with Crippen LogP contribution in [0.1, 0.15) is 22.6 Å². The first kappa shape index (κ1) is 25.8. The molecule has 2 N–H and O–H groups in total. The summed E-state index contributed by atoms with van der Waals surface area (Å²) >= 11 is 0. The lowest BCUT2D eigenvalue weighted by Gasteiger charge is -2.41. The SMILES string of the molecule is COc1ccc([C@@]23Oc4cc(OC)cc(OC)c4[C@]2(O)[C@H](O)[C@H](C(=O)N(C)OC)[C@H]3c2ccccc2)cc1. The average molecular weight is 522 g/mol. The second-order valence-corrected chi connectivity index (χ2v) is 9.41. The highest BCUT2D eigenvalue weighted by molar-refractivity contribution is 5.82. The largest absolute Gasteiger partial charge is 0.497 e. The highest BCUT2D eigenvalue weighted by Crippen LogP contribution is 2.70. The van der Waals surface area contributed by atoms with Crippen molar-refractivity contribution in [1.82, 2.24) is 5.06 Å². The molecule has 5 rings (SSSR count). The molecule has 200 valence electrons. The summed E-state index contributed by atoms with van der Waals surface area (Å²) in [7, 11) is 7.37. The average Bonchev–Trinajstić information content (AvgIpc) is 3.34. The number of carbonyl (C=O) groups is 1. The first-order valence-electron chi connectivity index (χ1n) is 12.2. The van der Waals surface area contributed by atoms with E-state index in [2.05, 4.69) is 0 Å². The fourth-order valence-corrected chi connectivity index (χ4v) is 6.08. The second kappa shape index (κ2) is 9.50. The maximum atomic E-state index is 13.8. The van der Waals surface area contributed by atoms with Crippen molar-refractivity contribution in [3.63, 3.8) is 0 Å². The van der Waals surface area contributed by atoms with E-state index in [0.717, 1.165) is 5.06 Å². The zero-order valence-corrected chi connectivity index (χ0v) is 21.9. The van der Waals surface area contributed by atoms with Gasteiger partial charge in [-0.05, 0) is 23.3 Å². The van der Waals surface area contributed by atoms with Crippen molar-refractivity contribution in [3.8, 4) is 23.0 Å². The number of carbonyl (C=O) groups excluding carboxylic acids is 1. The third-order valence-corrected chi connectivity index (χ3v) is 7.83. The molecule has 1 aliphatic heterocycles. The van der Waals surface area contributed by atoms with Crippen molar-refractivity contribution in [2.75, 3.05) is 35.5 Å². The monoisotopic (exact) mass is 521 g/mol. The molecule has 3 aromatic rings. The number of hydroxylamine groups is 2. The summed E-state index contributed by atoms with van der Waals surface area (Å²) in [6.07, 6.45) is -1.61. The van der Waals surface area contributed by atoms with E-state index in [4.69, 9.17) is 23.8 Å². The molecule has 0 unspecified atom stereocenters. The van der Waals surface area contributed by atoms with Gasteiger partial charge in [0.15, 0.2) is 11.2 Å². The lowest BCUT2D eigenvalue weighted by atomic mass is 9.70. The number of fused-ring (bicyclic) bond motifs is 3. The predicted molar refractivity (Wildman–Crippen MR) is 137 cm³/mol. The van der Waals surface area contributed by atoms with E-state index in [9.17, 15) is 15.0 Å². The minimum absolute atomic E-state index is 0.236. The molecular weight excluding hydrogens is 490 g/mol. The summed E-state index contributed by atoms with van der Waals surface area (Å²) < 4.78 is 23.3. The quantitative estimate of drug-likeness (QED) is 0.457. The molecule has 0 spiro atoms. The molecule has 1 fully saturated rings. The van der Waals surface area contributed by atoms with Crippen molar-refractivity contribution in [1.29, 1.82) is 0 Å². The first-order valence-corrected chi connectivity index (χ1v) is 12.2. The van der Waals surface area contributed by atoms with Gasteiger partial charge in [-0.2, -0.15) is 0 Å². The molecule has 9 heteroatoms. The Morgan fingerprint density at radius 2 is 1.58 bits per heavy atom. The number of amides is 1. The number of benzene rings is 3. The van der Waals surface area contributed by atoms with Crippen molar-refractivity contribution >= 4 is 5.91 Å². The normalized spacial score (nSPS) is 27.2. The molecule has 3 aromatic carbocycles. The number of aliphatic hydroxyl groups excluding tert-OH is 1. The summed E-state index contributed by atoms with van der Waals surface area (Å²) in [5.74, 6) is -0.903. The van der Waals surface area contributed by atoms with Crippen LogP contribution in [0.3, 0.4) is 0 Å². The van der Waals surface area contributed by atoms with E-state index in [0.29, 0.717) is 22.6 Å². The van der Waals surface area contributed by atoms with Crippen molar-refractivity contribution in [2.45, 2.75) is 23.2 Å². The van der Waals surface area contributed by atoms with E-state index in [1.807, 2.05) is 30.3 Å². The van der Waals surface area contributed by atoms with Crippen LogP contribution in [-0.4, -0.2) is 62.8 Å². The molecule has 9 nitrogen and oxygen atoms in total. The summed E-state index contributed by atoms with van der Waals surface area (Å²) in [6.45, 7) is 0. The van der Waals surface area contributed by atoms with Crippen LogP contribution in [0.4, 0.5) is 0 Å². The van der Waals surface area contributed by atoms with Crippen molar-refractivity contribution in [2.24, 2.45) is 5.92 Å². The standard InChI is InChI=1S/C29H31NO8/c1-30(37-5)27(32)23-24(17-9-7-6-8-10-17)29(18-11-13-19(34-2)14-12-18)28(33,26(23)31)25-21(36-4)15-20(35-3)16-22(25)38-29/h6-16,23-24,26,31,33H,1-5H3/t23-,24-,26-,28+,29+/m1/s1. The Kier molecular flexibility index (Phi) is 6.46. The minimum atomic E-state index is -2.11. The molecule has 1 heterocycles. The predicted octanol–water partition coefficient (Wildman–Crippen LogP) is 2.98. The van der Waals surface area contributed by atoms with E-state index < -0.39 is 35.0 Å². The zero-order chi connectivity index (χ0) is 27.2. The Balaban J connectivity index is 1.87. The van der Waals surface area contributed by atoms with Crippen LogP contribution < -0.4 is 18.9 Å². The van der Waals surface area contributed by atoms with E-state index in [1.54, 1.807) is 43.5 Å². The Morgan fingerprint density at radius 3 is 2.16 bits per heavy atom. The van der Waals surface area contributed by atoms with Crippen LogP contribution >= 0.6 is 0 Å². The molecule has 1 saturated carbocycles. The van der Waals surface area contributed by atoms with Gasteiger partial charge in [-0.3, -0.25) is 9.63 Å².